The van der Waals surface area contributed by atoms with Crippen molar-refractivity contribution in [2.24, 2.45) is 5.92 Å². The van der Waals surface area contributed by atoms with Gasteiger partial charge in [-0.1, -0.05) is 35.3 Å². The van der Waals surface area contributed by atoms with E-state index in [1.54, 1.807) is 6.92 Å². The Morgan fingerprint density at radius 1 is 1.36 bits per heavy atom. The van der Waals surface area contributed by atoms with E-state index < -0.39 is 0 Å². The minimum absolute atomic E-state index is 0.0899. The zero-order valence-corrected chi connectivity index (χ0v) is 13.8. The van der Waals surface area contributed by atoms with Crippen LogP contribution < -0.4 is 0 Å². The number of amides is 1. The van der Waals surface area contributed by atoms with Gasteiger partial charge in [0.2, 0.25) is 0 Å². The van der Waals surface area contributed by atoms with Crippen LogP contribution in [0.5, 0.6) is 0 Å². The number of H-pyrrole nitrogens is 1. The summed E-state index contributed by atoms with van der Waals surface area (Å²) in [5.74, 6) is 0.372. The monoisotopic (exact) mass is 337 g/mol. The van der Waals surface area contributed by atoms with Gasteiger partial charge in [0, 0.05) is 18.1 Å². The number of carbonyl (C=O) groups excluding carboxylic acids is 1. The molecule has 1 saturated heterocycles. The quantitative estimate of drug-likeness (QED) is 0.927. The van der Waals surface area contributed by atoms with Gasteiger partial charge < -0.3 is 4.90 Å². The summed E-state index contributed by atoms with van der Waals surface area (Å²) in [4.78, 5) is 14.3. The first kappa shape index (κ1) is 15.4. The highest BCUT2D eigenvalue weighted by atomic mass is 35.5. The molecular weight excluding hydrogens is 321 g/mol. The van der Waals surface area contributed by atoms with Gasteiger partial charge in [0.1, 0.15) is 0 Å². The van der Waals surface area contributed by atoms with Crippen LogP contribution >= 0.6 is 23.2 Å². The van der Waals surface area contributed by atoms with Gasteiger partial charge in [-0.15, -0.1) is 0 Å². The van der Waals surface area contributed by atoms with Crippen molar-refractivity contribution >= 4 is 29.1 Å². The molecule has 22 heavy (non-hydrogen) atoms. The van der Waals surface area contributed by atoms with Gasteiger partial charge in [-0.05, 0) is 43.4 Å². The molecule has 0 bridgehead atoms. The molecule has 116 valence electrons. The highest BCUT2D eigenvalue weighted by Crippen LogP contribution is 2.25. The molecule has 1 aromatic heterocycles. The fourth-order valence-corrected chi connectivity index (χ4v) is 3.14. The van der Waals surface area contributed by atoms with Crippen molar-refractivity contribution in [1.29, 1.82) is 0 Å². The van der Waals surface area contributed by atoms with E-state index in [0.717, 1.165) is 36.6 Å². The summed E-state index contributed by atoms with van der Waals surface area (Å²) in [6.45, 7) is 3.29. The summed E-state index contributed by atoms with van der Waals surface area (Å²) in [6, 6.07) is 7.89. The van der Waals surface area contributed by atoms with Crippen LogP contribution in [0, 0.1) is 12.8 Å². The maximum atomic E-state index is 12.5. The van der Waals surface area contributed by atoms with E-state index in [1.807, 2.05) is 29.2 Å². The van der Waals surface area contributed by atoms with Crippen molar-refractivity contribution < 1.29 is 4.79 Å². The number of rotatable bonds is 3. The fraction of sp³-hybridized carbons (Fsp3) is 0.375. The molecular formula is C16H17Cl2N3O. The van der Waals surface area contributed by atoms with Crippen molar-refractivity contribution in [1.82, 2.24) is 15.1 Å². The standard InChI is InChI=1S/C16H17Cl2N3O/c1-10-14(18)15(20-19-10)16(22)21-7-6-12(9-21)8-11-2-4-13(17)5-3-11/h2-5,12H,6-9H2,1H3,(H,19,20). The summed E-state index contributed by atoms with van der Waals surface area (Å²) in [6.07, 6.45) is 1.95. The molecule has 6 heteroatoms. The second kappa shape index (κ2) is 6.31. The van der Waals surface area contributed by atoms with Gasteiger partial charge in [-0.25, -0.2) is 0 Å². The van der Waals surface area contributed by atoms with Crippen LogP contribution in [0.1, 0.15) is 28.2 Å². The lowest BCUT2D eigenvalue weighted by Gasteiger charge is -2.15. The highest BCUT2D eigenvalue weighted by molar-refractivity contribution is 6.34. The highest BCUT2D eigenvalue weighted by Gasteiger charge is 2.29. The average molecular weight is 338 g/mol. The third-order valence-electron chi connectivity index (χ3n) is 4.09. The molecule has 1 fully saturated rings. The Hall–Kier alpha value is -1.52. The number of aryl methyl sites for hydroxylation is 1. The largest absolute Gasteiger partial charge is 0.337 e. The molecule has 2 heterocycles. The van der Waals surface area contributed by atoms with E-state index in [2.05, 4.69) is 10.2 Å². The van der Waals surface area contributed by atoms with Gasteiger partial charge in [-0.2, -0.15) is 5.10 Å². The smallest absolute Gasteiger partial charge is 0.275 e. The van der Waals surface area contributed by atoms with Crippen molar-refractivity contribution in [2.45, 2.75) is 19.8 Å². The molecule has 4 nitrogen and oxygen atoms in total. The molecule has 1 N–H and O–H groups in total. The first-order chi connectivity index (χ1) is 10.5. The zero-order chi connectivity index (χ0) is 15.7. The lowest BCUT2D eigenvalue weighted by atomic mass is 9.99. The Balaban J connectivity index is 1.63. The third kappa shape index (κ3) is 3.13. The van der Waals surface area contributed by atoms with Crippen LogP contribution in [0.15, 0.2) is 24.3 Å². The van der Waals surface area contributed by atoms with Crippen LogP contribution in [0.25, 0.3) is 0 Å². The summed E-state index contributed by atoms with van der Waals surface area (Å²) in [5.41, 5.74) is 2.30. The van der Waals surface area contributed by atoms with E-state index in [-0.39, 0.29) is 5.91 Å². The number of benzene rings is 1. The van der Waals surface area contributed by atoms with E-state index in [4.69, 9.17) is 23.2 Å². The predicted octanol–water partition coefficient (Wildman–Crippen LogP) is 3.73. The zero-order valence-electron chi connectivity index (χ0n) is 12.3. The number of nitrogens with zero attached hydrogens (tertiary/aromatic N) is 2. The SMILES string of the molecule is Cc1[nH]nc(C(=O)N2CCC(Cc3ccc(Cl)cc3)C2)c1Cl. The Morgan fingerprint density at radius 3 is 2.73 bits per heavy atom. The van der Waals surface area contributed by atoms with E-state index in [1.165, 1.54) is 5.56 Å². The van der Waals surface area contributed by atoms with Crippen LogP contribution in [-0.4, -0.2) is 34.1 Å². The normalized spacial score (nSPS) is 18.0. The number of likely N-dealkylation sites (tertiary alicyclic amines) is 1. The number of carbonyl (C=O) groups is 1. The minimum Gasteiger partial charge on any atom is -0.337 e. The van der Waals surface area contributed by atoms with Crippen LogP contribution in [0.2, 0.25) is 10.0 Å². The van der Waals surface area contributed by atoms with Crippen molar-refractivity contribution in [3.63, 3.8) is 0 Å². The molecule has 0 saturated carbocycles. The van der Waals surface area contributed by atoms with Gasteiger partial charge in [-0.3, -0.25) is 9.89 Å². The lowest BCUT2D eigenvalue weighted by molar-refractivity contribution is 0.0781. The first-order valence-corrected chi connectivity index (χ1v) is 8.04. The second-order valence-electron chi connectivity index (χ2n) is 5.75. The summed E-state index contributed by atoms with van der Waals surface area (Å²) in [7, 11) is 0. The van der Waals surface area contributed by atoms with Crippen LogP contribution in [0.3, 0.4) is 0 Å². The summed E-state index contributed by atoms with van der Waals surface area (Å²) >= 11 is 12.0. The molecule has 1 unspecified atom stereocenters. The number of hydrogen-bond donors (Lipinski definition) is 1. The van der Waals surface area contributed by atoms with Crippen molar-refractivity contribution in [2.75, 3.05) is 13.1 Å². The lowest BCUT2D eigenvalue weighted by Crippen LogP contribution is -2.29. The molecule has 1 aromatic carbocycles. The Morgan fingerprint density at radius 2 is 2.09 bits per heavy atom. The van der Waals surface area contributed by atoms with Gasteiger partial charge in [0.15, 0.2) is 5.69 Å². The molecule has 0 radical (unpaired) electrons. The number of aromatic amines is 1. The molecule has 0 aliphatic carbocycles. The Labute approximate surface area is 139 Å². The van der Waals surface area contributed by atoms with Crippen molar-refractivity contribution in [3.8, 4) is 0 Å². The first-order valence-electron chi connectivity index (χ1n) is 7.29. The number of hydrogen-bond acceptors (Lipinski definition) is 2. The number of halogens is 2. The molecule has 1 aliphatic rings. The van der Waals surface area contributed by atoms with Crippen LogP contribution in [-0.2, 0) is 6.42 Å². The molecule has 3 rings (SSSR count). The van der Waals surface area contributed by atoms with E-state index in [0.29, 0.717) is 16.6 Å². The third-order valence-corrected chi connectivity index (χ3v) is 4.80. The van der Waals surface area contributed by atoms with E-state index in [9.17, 15) is 4.79 Å². The summed E-state index contributed by atoms with van der Waals surface area (Å²) in [5, 5.41) is 7.94. The minimum atomic E-state index is -0.0899. The Kier molecular flexibility index (Phi) is 4.41. The number of aromatic nitrogens is 2. The fourth-order valence-electron chi connectivity index (χ4n) is 2.84. The maximum Gasteiger partial charge on any atom is 0.275 e. The van der Waals surface area contributed by atoms with E-state index >= 15 is 0 Å². The molecule has 0 spiro atoms. The molecule has 2 aromatic rings. The molecule has 1 atom stereocenters. The van der Waals surface area contributed by atoms with Crippen LogP contribution in [0.4, 0.5) is 0 Å². The van der Waals surface area contributed by atoms with Crippen molar-refractivity contribution in [3.05, 3.63) is 51.3 Å². The maximum absolute atomic E-state index is 12.5. The predicted molar refractivity (Wildman–Crippen MR) is 87.5 cm³/mol. The van der Waals surface area contributed by atoms with Gasteiger partial charge in [0.25, 0.3) is 5.91 Å². The topological polar surface area (TPSA) is 49.0 Å². The van der Waals surface area contributed by atoms with Gasteiger partial charge in [0.05, 0.1) is 10.7 Å². The van der Waals surface area contributed by atoms with Gasteiger partial charge >= 0.3 is 0 Å². The summed E-state index contributed by atoms with van der Waals surface area (Å²) < 4.78 is 0. The second-order valence-corrected chi connectivity index (χ2v) is 6.56. The number of nitrogens with one attached hydrogen (secondary N) is 1. The Bertz CT molecular complexity index is 681. The average Bonchev–Trinajstić information content (AvgIpc) is 3.09. The molecule has 1 amide bonds. The molecule has 1 aliphatic heterocycles.